The van der Waals surface area contributed by atoms with Crippen molar-refractivity contribution in [2.75, 3.05) is 28.4 Å². The van der Waals surface area contributed by atoms with Gasteiger partial charge < -0.3 is 18.9 Å². The number of benzene rings is 2. The van der Waals surface area contributed by atoms with Gasteiger partial charge >= 0.3 is 0 Å². The first kappa shape index (κ1) is 24.3. The van der Waals surface area contributed by atoms with Crippen LogP contribution in [0.15, 0.2) is 57.5 Å². The number of nitrogens with zero attached hydrogens (tertiary/aromatic N) is 2. The van der Waals surface area contributed by atoms with Gasteiger partial charge in [-0.05, 0) is 43.7 Å². The average molecular weight is 495 g/mol. The van der Waals surface area contributed by atoms with Gasteiger partial charge in [0, 0.05) is 16.8 Å². The van der Waals surface area contributed by atoms with Gasteiger partial charge in [-0.1, -0.05) is 29.5 Å². The monoisotopic (exact) mass is 494 g/mol. The van der Waals surface area contributed by atoms with Crippen molar-refractivity contribution >= 4 is 23.2 Å². The summed E-state index contributed by atoms with van der Waals surface area (Å²) in [6, 6.07) is 10.3. The molecule has 1 unspecified atom stereocenters. The van der Waals surface area contributed by atoms with E-state index < -0.39 is 6.04 Å². The molecule has 9 heteroatoms. The molecule has 0 bridgehead atoms. The normalized spacial score (nSPS) is 15.4. The Balaban J connectivity index is 1.99. The lowest BCUT2D eigenvalue weighted by atomic mass is 9.93. The second-order valence-electron chi connectivity index (χ2n) is 7.84. The number of thiazole rings is 1. The van der Waals surface area contributed by atoms with Crippen LogP contribution in [0.2, 0.25) is 0 Å². The van der Waals surface area contributed by atoms with E-state index in [-0.39, 0.29) is 11.3 Å². The first-order valence-corrected chi connectivity index (χ1v) is 11.6. The fourth-order valence-corrected chi connectivity index (χ4v) is 5.34. The third kappa shape index (κ3) is 4.23. The fourth-order valence-electron chi connectivity index (χ4n) is 4.29. The van der Waals surface area contributed by atoms with E-state index in [0.717, 1.165) is 5.56 Å². The van der Waals surface area contributed by atoms with Crippen LogP contribution in [0.25, 0.3) is 6.08 Å². The van der Waals surface area contributed by atoms with Crippen LogP contribution in [0.4, 0.5) is 0 Å². The van der Waals surface area contributed by atoms with Gasteiger partial charge in [0.15, 0.2) is 22.1 Å². The van der Waals surface area contributed by atoms with E-state index in [9.17, 15) is 9.59 Å². The Bertz CT molecular complexity index is 1490. The van der Waals surface area contributed by atoms with Gasteiger partial charge in [-0.2, -0.15) is 0 Å². The maximum Gasteiger partial charge on any atom is 0.271 e. The Kier molecular flexibility index (Phi) is 6.79. The van der Waals surface area contributed by atoms with Crippen molar-refractivity contribution in [3.05, 3.63) is 78.5 Å². The number of rotatable bonds is 7. The first-order valence-electron chi connectivity index (χ1n) is 10.8. The minimum Gasteiger partial charge on any atom is -0.496 e. The number of ether oxygens (including phenoxy) is 4. The Morgan fingerprint density at radius 1 is 1.00 bits per heavy atom. The lowest BCUT2D eigenvalue weighted by molar-refractivity contribution is -0.114. The van der Waals surface area contributed by atoms with Gasteiger partial charge in [0.05, 0.1) is 39.0 Å². The Labute approximate surface area is 206 Å². The summed E-state index contributed by atoms with van der Waals surface area (Å²) in [5.74, 6) is 1.86. The molecule has 1 aliphatic heterocycles. The quantitative estimate of drug-likeness (QED) is 0.502. The number of hydrogen-bond acceptors (Lipinski definition) is 8. The van der Waals surface area contributed by atoms with Crippen molar-refractivity contribution in [2.45, 2.75) is 19.9 Å². The molecule has 2 aromatic carbocycles. The van der Waals surface area contributed by atoms with Gasteiger partial charge in [0.25, 0.3) is 5.56 Å². The second-order valence-corrected chi connectivity index (χ2v) is 8.85. The number of aromatic nitrogens is 1. The van der Waals surface area contributed by atoms with Crippen LogP contribution < -0.4 is 33.8 Å². The molecule has 1 atom stereocenters. The second kappa shape index (κ2) is 9.79. The average Bonchev–Trinajstić information content (AvgIpc) is 3.16. The largest absolute Gasteiger partial charge is 0.496 e. The number of carbonyl (C=O) groups excluding carboxylic acids is 1. The molecule has 0 spiro atoms. The molecule has 0 amide bonds. The van der Waals surface area contributed by atoms with E-state index in [2.05, 4.69) is 4.99 Å². The summed E-state index contributed by atoms with van der Waals surface area (Å²) in [4.78, 5) is 31.5. The molecule has 0 saturated heterocycles. The molecule has 35 heavy (non-hydrogen) atoms. The topological polar surface area (TPSA) is 88.4 Å². The van der Waals surface area contributed by atoms with E-state index in [1.165, 1.54) is 39.6 Å². The smallest absolute Gasteiger partial charge is 0.271 e. The third-order valence-corrected chi connectivity index (χ3v) is 6.80. The highest BCUT2D eigenvalue weighted by atomic mass is 32.1. The van der Waals surface area contributed by atoms with Crippen molar-refractivity contribution in [1.29, 1.82) is 0 Å². The summed E-state index contributed by atoms with van der Waals surface area (Å²) in [6.07, 6.45) is 1.75. The molecule has 1 aliphatic rings. The molecule has 182 valence electrons. The number of Topliss-reactive ketones (excluding diaryl/α,β-unsaturated/α-hetero) is 1. The number of carbonyl (C=O) groups is 1. The van der Waals surface area contributed by atoms with Crippen molar-refractivity contribution < 1.29 is 23.7 Å². The lowest BCUT2D eigenvalue weighted by Crippen LogP contribution is -2.39. The van der Waals surface area contributed by atoms with E-state index in [1.54, 1.807) is 36.8 Å². The zero-order chi connectivity index (χ0) is 25.3. The van der Waals surface area contributed by atoms with Crippen LogP contribution in [0.5, 0.6) is 23.0 Å². The number of ketones is 1. The number of fused-ring (bicyclic) bond motifs is 1. The first-order chi connectivity index (χ1) is 16.8. The zero-order valence-corrected chi connectivity index (χ0v) is 21.2. The zero-order valence-electron chi connectivity index (χ0n) is 20.4. The molecule has 8 nitrogen and oxygen atoms in total. The van der Waals surface area contributed by atoms with Crippen LogP contribution in [0.3, 0.4) is 0 Å². The Hall–Kier alpha value is -3.85. The van der Waals surface area contributed by atoms with E-state index in [0.29, 0.717) is 49.2 Å². The van der Waals surface area contributed by atoms with Crippen LogP contribution in [-0.4, -0.2) is 38.8 Å². The van der Waals surface area contributed by atoms with Gasteiger partial charge in [-0.15, -0.1) is 0 Å². The van der Waals surface area contributed by atoms with Crippen molar-refractivity contribution in [3.8, 4) is 23.0 Å². The summed E-state index contributed by atoms with van der Waals surface area (Å²) in [6.45, 7) is 3.28. The number of allylic oxidation sites excluding steroid dienone is 2. The minimum atomic E-state index is -0.651. The summed E-state index contributed by atoms with van der Waals surface area (Å²) in [5.41, 5.74) is 2.19. The molecule has 1 aromatic heterocycles. The molecule has 3 aromatic rings. The summed E-state index contributed by atoms with van der Waals surface area (Å²) in [7, 11) is 6.17. The molecule has 0 radical (unpaired) electrons. The number of hydrogen-bond donors (Lipinski definition) is 0. The Morgan fingerprint density at radius 2 is 1.63 bits per heavy atom. The van der Waals surface area contributed by atoms with Gasteiger partial charge in [0.1, 0.15) is 5.75 Å². The van der Waals surface area contributed by atoms with Crippen molar-refractivity contribution in [3.63, 3.8) is 0 Å². The number of para-hydroxylation sites is 1. The van der Waals surface area contributed by atoms with Crippen LogP contribution in [0.1, 0.15) is 31.0 Å². The summed E-state index contributed by atoms with van der Waals surface area (Å²) < 4.78 is 23.9. The fraction of sp³-hybridized carbons (Fsp3) is 0.269. The van der Waals surface area contributed by atoms with E-state index >= 15 is 0 Å². The highest BCUT2D eigenvalue weighted by Crippen LogP contribution is 2.38. The molecular weight excluding hydrogens is 468 g/mol. The molecule has 0 fully saturated rings. The van der Waals surface area contributed by atoms with Gasteiger partial charge in [-0.25, -0.2) is 4.99 Å². The highest BCUT2D eigenvalue weighted by Gasteiger charge is 2.32. The molecule has 4 rings (SSSR count). The lowest BCUT2D eigenvalue weighted by Gasteiger charge is -2.25. The minimum absolute atomic E-state index is 0.152. The predicted octanol–water partition coefficient (Wildman–Crippen LogP) is 2.86. The number of methoxy groups -OCH3 is 4. The maximum atomic E-state index is 13.7. The summed E-state index contributed by atoms with van der Waals surface area (Å²) in [5, 5.41) is 0. The molecule has 0 aliphatic carbocycles. The molecule has 0 saturated carbocycles. The van der Waals surface area contributed by atoms with Gasteiger partial charge in [0.2, 0.25) is 5.75 Å². The molecular formula is C26H26N2O6S. The third-order valence-electron chi connectivity index (χ3n) is 5.82. The van der Waals surface area contributed by atoms with Crippen LogP contribution in [0, 0.1) is 0 Å². The Morgan fingerprint density at radius 3 is 2.20 bits per heavy atom. The van der Waals surface area contributed by atoms with Crippen molar-refractivity contribution in [1.82, 2.24) is 4.57 Å². The summed E-state index contributed by atoms with van der Waals surface area (Å²) >= 11 is 1.25. The molecule has 2 heterocycles. The maximum absolute atomic E-state index is 13.7. The van der Waals surface area contributed by atoms with Crippen LogP contribution in [-0.2, 0) is 4.79 Å². The molecule has 0 N–H and O–H groups in total. The SMILES string of the molecule is COc1ccccc1C1C(C(C)=O)=C(C)N=c2sc(=Cc3cc(OC)c(OC)c(OC)c3)c(=O)n21. The van der Waals surface area contributed by atoms with Crippen LogP contribution >= 0.6 is 11.3 Å². The van der Waals surface area contributed by atoms with E-state index in [1.807, 2.05) is 24.3 Å². The predicted molar refractivity (Wildman–Crippen MR) is 134 cm³/mol. The van der Waals surface area contributed by atoms with Gasteiger partial charge in [-0.3, -0.25) is 14.2 Å². The van der Waals surface area contributed by atoms with E-state index in [4.69, 9.17) is 18.9 Å². The highest BCUT2D eigenvalue weighted by molar-refractivity contribution is 7.07. The standard InChI is InChI=1S/C26H26N2O6S/c1-14-22(15(2)29)23(17-9-7-8-10-18(17)31-3)28-25(30)21(35-26(28)27-14)13-16-11-19(32-4)24(34-6)20(12-16)33-5/h7-13,23H,1-6H3. The van der Waals surface area contributed by atoms with Crippen molar-refractivity contribution in [2.24, 2.45) is 4.99 Å².